The number of aliphatic hydroxyl groups is 7. The number of unbranched alkanes of at least 4 members (excludes halogenated alkanes) is 15. The van der Waals surface area contributed by atoms with Crippen LogP contribution in [0.15, 0.2) is 36.5 Å². The third kappa shape index (κ3) is 23.6. The van der Waals surface area contributed by atoms with Crippen molar-refractivity contribution in [2.45, 2.75) is 223 Å². The number of carbonyl (C=O) groups is 2. The molecule has 2 heterocycles. The van der Waals surface area contributed by atoms with Crippen LogP contribution in [-0.2, 0) is 38.0 Å². The first-order valence-electron chi connectivity index (χ1n) is 23.6. The van der Waals surface area contributed by atoms with Gasteiger partial charge < -0.3 is 64.2 Å². The van der Waals surface area contributed by atoms with Gasteiger partial charge in [0.1, 0.15) is 55.4 Å². The highest BCUT2D eigenvalue weighted by Crippen LogP contribution is 2.26. The standard InChI is InChI=1S/C47H82O15/c1-3-5-7-9-11-13-15-16-17-18-20-22-24-26-28-30-39(50)60-35(32-57-38(49)29-27-25-23-21-19-14-12-10-8-6-4-2)33-58-46-45(56)43(54)41(52)37(62-46)34-59-47-44(55)42(53)40(51)36(31-48)61-47/h10-13,16-17,35-37,40-48,51-56H,3-9,14-15,18-34H2,1-2H3/b12-10-,13-11-,17-16-. The third-order valence-corrected chi connectivity index (χ3v) is 11.1. The van der Waals surface area contributed by atoms with Crippen molar-refractivity contribution in [1.82, 2.24) is 0 Å². The van der Waals surface area contributed by atoms with Crippen molar-refractivity contribution in [2.75, 3.05) is 26.4 Å². The average Bonchev–Trinajstić information content (AvgIpc) is 3.26. The van der Waals surface area contributed by atoms with Crippen LogP contribution < -0.4 is 0 Å². The van der Waals surface area contributed by atoms with E-state index < -0.39 is 92.7 Å². The zero-order valence-electron chi connectivity index (χ0n) is 37.6. The Kier molecular flexibility index (Phi) is 31.6. The summed E-state index contributed by atoms with van der Waals surface area (Å²) in [6, 6.07) is 0. The Balaban J connectivity index is 1.86. The molecule has 0 aromatic heterocycles. The van der Waals surface area contributed by atoms with Gasteiger partial charge in [0, 0.05) is 12.8 Å². The van der Waals surface area contributed by atoms with E-state index in [-0.39, 0.29) is 26.1 Å². The highest BCUT2D eigenvalue weighted by molar-refractivity contribution is 5.70. The highest BCUT2D eigenvalue weighted by Gasteiger charge is 2.47. The minimum Gasteiger partial charge on any atom is -0.462 e. The molecular formula is C47H82O15. The fraction of sp³-hybridized carbons (Fsp3) is 0.830. The van der Waals surface area contributed by atoms with E-state index >= 15 is 0 Å². The molecule has 0 saturated carbocycles. The summed E-state index contributed by atoms with van der Waals surface area (Å²) in [5.41, 5.74) is 0. The van der Waals surface area contributed by atoms with Crippen LogP contribution in [0.5, 0.6) is 0 Å². The second-order valence-electron chi connectivity index (χ2n) is 16.6. The fourth-order valence-electron chi connectivity index (χ4n) is 7.11. The van der Waals surface area contributed by atoms with Gasteiger partial charge in [0.15, 0.2) is 18.7 Å². The van der Waals surface area contributed by atoms with Gasteiger partial charge in [-0.2, -0.15) is 0 Å². The van der Waals surface area contributed by atoms with Crippen LogP contribution in [0.3, 0.4) is 0 Å². The summed E-state index contributed by atoms with van der Waals surface area (Å²) < 4.78 is 33.4. The smallest absolute Gasteiger partial charge is 0.306 e. The Bertz CT molecular complexity index is 1230. The first-order valence-corrected chi connectivity index (χ1v) is 23.6. The average molecular weight is 887 g/mol. The summed E-state index contributed by atoms with van der Waals surface area (Å²) in [5.74, 6) is -0.955. The van der Waals surface area contributed by atoms with Crippen LogP contribution in [-0.4, -0.2) is 142 Å². The Morgan fingerprint density at radius 3 is 1.56 bits per heavy atom. The molecule has 2 fully saturated rings. The number of aliphatic hydroxyl groups excluding tert-OH is 7. The van der Waals surface area contributed by atoms with Gasteiger partial charge in [-0.05, 0) is 64.2 Å². The van der Waals surface area contributed by atoms with E-state index in [1.165, 1.54) is 32.1 Å². The van der Waals surface area contributed by atoms with Gasteiger partial charge in [-0.25, -0.2) is 0 Å². The lowest BCUT2D eigenvalue weighted by Crippen LogP contribution is -2.61. The maximum absolute atomic E-state index is 12.9. The molecule has 2 aliphatic rings. The molecule has 2 aliphatic heterocycles. The van der Waals surface area contributed by atoms with Crippen molar-refractivity contribution in [3.05, 3.63) is 36.5 Å². The van der Waals surface area contributed by atoms with E-state index in [0.29, 0.717) is 12.8 Å². The van der Waals surface area contributed by atoms with Gasteiger partial charge >= 0.3 is 11.9 Å². The van der Waals surface area contributed by atoms with E-state index in [9.17, 15) is 45.3 Å². The molecule has 0 aromatic carbocycles. The predicted octanol–water partition coefficient (Wildman–Crippen LogP) is 5.37. The number of hydrogen-bond donors (Lipinski definition) is 7. The van der Waals surface area contributed by atoms with Crippen LogP contribution in [0.4, 0.5) is 0 Å². The molecule has 11 unspecified atom stereocenters. The predicted molar refractivity (Wildman–Crippen MR) is 234 cm³/mol. The van der Waals surface area contributed by atoms with E-state index in [1.807, 2.05) is 0 Å². The quantitative estimate of drug-likeness (QED) is 0.0241. The van der Waals surface area contributed by atoms with Crippen molar-refractivity contribution < 1.29 is 73.8 Å². The second kappa shape index (κ2) is 35.0. The molecule has 2 saturated heterocycles. The number of esters is 2. The molecule has 62 heavy (non-hydrogen) atoms. The van der Waals surface area contributed by atoms with Gasteiger partial charge in [0.25, 0.3) is 0 Å². The molecule has 11 atom stereocenters. The number of ether oxygens (including phenoxy) is 6. The minimum atomic E-state index is -1.77. The Morgan fingerprint density at radius 2 is 0.984 bits per heavy atom. The Labute approximate surface area is 370 Å². The number of rotatable bonds is 35. The zero-order valence-corrected chi connectivity index (χ0v) is 37.6. The van der Waals surface area contributed by atoms with Gasteiger partial charge in [0.05, 0.1) is 19.8 Å². The molecule has 0 aromatic rings. The summed E-state index contributed by atoms with van der Waals surface area (Å²) in [6.07, 6.45) is 17.6. The number of allylic oxidation sites excluding steroid dienone is 6. The lowest BCUT2D eigenvalue weighted by Gasteiger charge is -2.42. The molecule has 0 amide bonds. The summed E-state index contributed by atoms with van der Waals surface area (Å²) >= 11 is 0. The highest BCUT2D eigenvalue weighted by atomic mass is 16.7. The zero-order chi connectivity index (χ0) is 45.4. The van der Waals surface area contributed by atoms with Crippen LogP contribution in [0.2, 0.25) is 0 Å². The molecule has 0 spiro atoms. The van der Waals surface area contributed by atoms with Crippen molar-refractivity contribution in [2.24, 2.45) is 0 Å². The fourth-order valence-corrected chi connectivity index (χ4v) is 7.11. The summed E-state index contributed by atoms with van der Waals surface area (Å²) in [6.45, 7) is 2.48. The van der Waals surface area contributed by atoms with E-state index in [4.69, 9.17) is 28.4 Å². The van der Waals surface area contributed by atoms with Gasteiger partial charge in [0.2, 0.25) is 0 Å². The maximum Gasteiger partial charge on any atom is 0.306 e. The second-order valence-corrected chi connectivity index (χ2v) is 16.6. The number of hydrogen-bond acceptors (Lipinski definition) is 15. The summed E-state index contributed by atoms with van der Waals surface area (Å²) in [5, 5.41) is 71.9. The molecule has 2 rings (SSSR count). The van der Waals surface area contributed by atoms with E-state index in [2.05, 4.69) is 50.3 Å². The van der Waals surface area contributed by atoms with Crippen LogP contribution in [0, 0.1) is 0 Å². The molecule has 0 aliphatic carbocycles. The largest absolute Gasteiger partial charge is 0.462 e. The van der Waals surface area contributed by atoms with E-state index in [0.717, 1.165) is 83.5 Å². The van der Waals surface area contributed by atoms with Gasteiger partial charge in [-0.1, -0.05) is 115 Å². The van der Waals surface area contributed by atoms with Crippen molar-refractivity contribution in [1.29, 1.82) is 0 Å². The molecule has 360 valence electrons. The van der Waals surface area contributed by atoms with Gasteiger partial charge in [-0.15, -0.1) is 0 Å². The molecule has 0 bridgehead atoms. The van der Waals surface area contributed by atoms with Crippen LogP contribution >= 0.6 is 0 Å². The molecule has 7 N–H and O–H groups in total. The maximum atomic E-state index is 12.9. The molecular weight excluding hydrogens is 805 g/mol. The normalized spacial score (nSPS) is 27.4. The van der Waals surface area contributed by atoms with Gasteiger partial charge in [-0.3, -0.25) is 9.59 Å². The van der Waals surface area contributed by atoms with Crippen molar-refractivity contribution in [3.8, 4) is 0 Å². The summed E-state index contributed by atoms with van der Waals surface area (Å²) in [7, 11) is 0. The monoisotopic (exact) mass is 887 g/mol. The van der Waals surface area contributed by atoms with Crippen molar-refractivity contribution >= 4 is 11.9 Å². The lowest BCUT2D eigenvalue weighted by molar-refractivity contribution is -0.332. The first kappa shape index (κ1) is 55.9. The minimum absolute atomic E-state index is 0.147. The molecule has 0 radical (unpaired) electrons. The van der Waals surface area contributed by atoms with E-state index in [1.54, 1.807) is 0 Å². The number of carbonyl (C=O) groups excluding carboxylic acids is 2. The first-order chi connectivity index (χ1) is 30.0. The molecule has 15 nitrogen and oxygen atoms in total. The Hall–Kier alpha value is -2.28. The topological polar surface area (TPSA) is 231 Å². The third-order valence-electron chi connectivity index (χ3n) is 11.1. The van der Waals surface area contributed by atoms with Crippen LogP contribution in [0.25, 0.3) is 0 Å². The van der Waals surface area contributed by atoms with Crippen LogP contribution in [0.1, 0.15) is 155 Å². The Morgan fingerprint density at radius 1 is 0.516 bits per heavy atom. The summed E-state index contributed by atoms with van der Waals surface area (Å²) in [4.78, 5) is 25.6. The lowest BCUT2D eigenvalue weighted by atomic mass is 9.98. The SMILES string of the molecule is CCCC/C=C\CCCCCCCC(=O)OCC(COC1OC(COC2OC(CO)C(O)C(O)C2O)C(O)C(O)C1O)OC(=O)CCCCCCC/C=C\C/C=C\CCCCC. The molecule has 15 heteroatoms. The van der Waals surface area contributed by atoms with Crippen molar-refractivity contribution in [3.63, 3.8) is 0 Å².